The minimum absolute atomic E-state index is 0.00215. The molecule has 2 heterocycles. The summed E-state index contributed by atoms with van der Waals surface area (Å²) in [5.41, 5.74) is 3.61. The number of benzene rings is 2. The summed E-state index contributed by atoms with van der Waals surface area (Å²) in [5, 5.41) is 3.36. The zero-order valence-electron chi connectivity index (χ0n) is 18.5. The van der Waals surface area contributed by atoms with Gasteiger partial charge in [0.05, 0.1) is 4.88 Å². The molecule has 0 saturated heterocycles. The average molecular weight is 492 g/mol. The van der Waals surface area contributed by atoms with Crippen LogP contribution in [0.25, 0.3) is 10.9 Å². The predicted octanol–water partition coefficient (Wildman–Crippen LogP) is 4.13. The van der Waals surface area contributed by atoms with Crippen LogP contribution in [0.5, 0.6) is 0 Å². The summed E-state index contributed by atoms with van der Waals surface area (Å²) in [7, 11) is -2.22. The van der Waals surface area contributed by atoms with Crippen LogP contribution in [0, 0.1) is 23.7 Å². The molecule has 0 fully saturated rings. The number of thiophene rings is 1. The summed E-state index contributed by atoms with van der Waals surface area (Å²) in [5.74, 6) is 4.89. The fourth-order valence-corrected chi connectivity index (χ4v) is 5.96. The van der Waals surface area contributed by atoms with Gasteiger partial charge in [0.15, 0.2) is 0 Å². The molecule has 0 bridgehead atoms. The van der Waals surface area contributed by atoms with Crippen LogP contribution in [0.3, 0.4) is 0 Å². The number of nitroso groups, excluding NO2 is 1. The number of hydrogen-bond donors (Lipinski definition) is 1. The molecular formula is C25H21N3O4S2. The predicted molar refractivity (Wildman–Crippen MR) is 133 cm³/mol. The minimum atomic E-state index is -4.07. The van der Waals surface area contributed by atoms with E-state index < -0.39 is 22.0 Å². The van der Waals surface area contributed by atoms with Crippen LogP contribution in [0.15, 0.2) is 76.2 Å². The number of hydrogen-bond acceptors (Lipinski definition) is 5. The molecule has 34 heavy (non-hydrogen) atoms. The fourth-order valence-electron chi connectivity index (χ4n) is 3.60. The molecule has 0 radical (unpaired) electrons. The van der Waals surface area contributed by atoms with Gasteiger partial charge in [0, 0.05) is 41.3 Å². The first-order valence-electron chi connectivity index (χ1n) is 10.4. The molecule has 0 saturated carbocycles. The molecule has 1 unspecified atom stereocenters. The molecule has 0 aliphatic heterocycles. The lowest BCUT2D eigenvalue weighted by atomic mass is 10.1. The fraction of sp³-hybridized carbons (Fsp3) is 0.160. The van der Waals surface area contributed by atoms with Gasteiger partial charge < -0.3 is 4.57 Å². The van der Waals surface area contributed by atoms with Gasteiger partial charge in [0.25, 0.3) is 10.0 Å². The van der Waals surface area contributed by atoms with Crippen molar-refractivity contribution in [1.82, 2.24) is 9.29 Å². The molecule has 7 nitrogen and oxygen atoms in total. The van der Waals surface area contributed by atoms with Crippen LogP contribution in [0.4, 0.5) is 0 Å². The lowest BCUT2D eigenvalue weighted by Gasteiger charge is -2.13. The molecule has 2 aromatic heterocycles. The Bertz CT molecular complexity index is 1540. The molecule has 0 aliphatic carbocycles. The van der Waals surface area contributed by atoms with E-state index in [1.807, 2.05) is 73.3 Å². The third-order valence-corrected chi connectivity index (χ3v) is 8.28. The van der Waals surface area contributed by atoms with Crippen molar-refractivity contribution in [2.24, 2.45) is 12.2 Å². The number of amides is 1. The van der Waals surface area contributed by atoms with Crippen LogP contribution in [-0.4, -0.2) is 24.9 Å². The number of fused-ring (bicyclic) bond motifs is 1. The van der Waals surface area contributed by atoms with Gasteiger partial charge in [-0.3, -0.25) is 4.79 Å². The Hall–Kier alpha value is -3.58. The molecular weight excluding hydrogens is 470 g/mol. The van der Waals surface area contributed by atoms with Gasteiger partial charge in [-0.2, -0.15) is 4.72 Å². The highest BCUT2D eigenvalue weighted by atomic mass is 32.2. The first kappa shape index (κ1) is 23.6. The van der Waals surface area contributed by atoms with Crippen molar-refractivity contribution in [3.8, 4) is 11.8 Å². The molecule has 4 aromatic rings. The Labute approximate surface area is 201 Å². The van der Waals surface area contributed by atoms with Gasteiger partial charge in [0.1, 0.15) is 10.3 Å². The van der Waals surface area contributed by atoms with Crippen molar-refractivity contribution in [3.63, 3.8) is 0 Å². The van der Waals surface area contributed by atoms with Crippen LogP contribution >= 0.6 is 11.3 Å². The van der Waals surface area contributed by atoms with Crippen molar-refractivity contribution >= 4 is 38.2 Å². The summed E-state index contributed by atoms with van der Waals surface area (Å²) < 4.78 is 30.2. The van der Waals surface area contributed by atoms with E-state index in [1.54, 1.807) is 6.07 Å². The maximum Gasteiger partial charge on any atom is 0.304 e. The summed E-state index contributed by atoms with van der Waals surface area (Å²) in [4.78, 5) is 23.8. The Morgan fingerprint density at radius 1 is 1.09 bits per heavy atom. The van der Waals surface area contributed by atoms with Crippen LogP contribution in [-0.2, 0) is 28.3 Å². The highest BCUT2D eigenvalue weighted by Gasteiger charge is 2.28. The number of nitrogens with one attached hydrogen (secondary N) is 1. The largest absolute Gasteiger partial charge is 0.350 e. The smallest absolute Gasteiger partial charge is 0.304 e. The number of aromatic nitrogens is 1. The number of para-hydroxylation sites is 1. The van der Waals surface area contributed by atoms with E-state index >= 15 is 0 Å². The molecule has 2 aromatic carbocycles. The lowest BCUT2D eigenvalue weighted by molar-refractivity contribution is -0.119. The zero-order valence-corrected chi connectivity index (χ0v) is 20.1. The maximum absolute atomic E-state index is 13.0. The number of rotatable bonds is 6. The lowest BCUT2D eigenvalue weighted by Crippen LogP contribution is -2.41. The zero-order chi connectivity index (χ0) is 24.3. The van der Waals surface area contributed by atoms with Gasteiger partial charge in [-0.1, -0.05) is 47.7 Å². The second-order valence-electron chi connectivity index (χ2n) is 7.82. The van der Waals surface area contributed by atoms with Gasteiger partial charge >= 0.3 is 5.91 Å². The Balaban J connectivity index is 1.57. The molecule has 1 atom stereocenters. The quantitative estimate of drug-likeness (QED) is 0.324. The summed E-state index contributed by atoms with van der Waals surface area (Å²) in [6.45, 7) is 1.99. The Kier molecular flexibility index (Phi) is 6.75. The van der Waals surface area contributed by atoms with E-state index in [-0.39, 0.29) is 10.6 Å². The van der Waals surface area contributed by atoms with E-state index in [0.717, 1.165) is 38.9 Å². The van der Waals surface area contributed by atoms with E-state index in [4.69, 9.17) is 0 Å². The number of carbonyl (C=O) groups excluding carboxylic acids is 1. The molecule has 0 spiro atoms. The normalized spacial score (nSPS) is 12.2. The summed E-state index contributed by atoms with van der Waals surface area (Å²) >= 11 is 0.988. The highest BCUT2D eigenvalue weighted by Crippen LogP contribution is 2.24. The third kappa shape index (κ3) is 5.15. The first-order chi connectivity index (χ1) is 16.3. The topological polar surface area (TPSA) is 97.6 Å². The highest BCUT2D eigenvalue weighted by molar-refractivity contribution is 7.91. The molecule has 0 aliphatic rings. The van der Waals surface area contributed by atoms with E-state index in [2.05, 4.69) is 21.7 Å². The Morgan fingerprint density at radius 2 is 1.82 bits per heavy atom. The molecule has 1 amide bonds. The summed E-state index contributed by atoms with van der Waals surface area (Å²) in [6, 6.07) is 17.0. The van der Waals surface area contributed by atoms with Crippen molar-refractivity contribution in [2.75, 3.05) is 0 Å². The van der Waals surface area contributed by atoms with Crippen molar-refractivity contribution in [1.29, 1.82) is 0 Å². The van der Waals surface area contributed by atoms with Gasteiger partial charge in [-0.15, -0.1) is 16.2 Å². The molecule has 9 heteroatoms. The van der Waals surface area contributed by atoms with Crippen LogP contribution in [0.2, 0.25) is 0 Å². The molecule has 1 N–H and O–H groups in total. The second kappa shape index (κ2) is 9.73. The monoisotopic (exact) mass is 491 g/mol. The van der Waals surface area contributed by atoms with E-state index in [0.29, 0.717) is 4.88 Å². The number of carbonyl (C=O) groups is 1. The van der Waals surface area contributed by atoms with Crippen molar-refractivity contribution in [2.45, 2.75) is 23.6 Å². The third-order valence-electron chi connectivity index (χ3n) is 5.32. The summed E-state index contributed by atoms with van der Waals surface area (Å²) in [6.07, 6.45) is 1.81. The Morgan fingerprint density at radius 3 is 2.56 bits per heavy atom. The average Bonchev–Trinajstić information content (AvgIpc) is 3.43. The van der Waals surface area contributed by atoms with Gasteiger partial charge in [-0.05, 0) is 42.8 Å². The maximum atomic E-state index is 13.0. The van der Waals surface area contributed by atoms with E-state index in [9.17, 15) is 18.1 Å². The van der Waals surface area contributed by atoms with Gasteiger partial charge in [-0.25, -0.2) is 8.42 Å². The molecule has 4 rings (SSSR count). The van der Waals surface area contributed by atoms with Crippen molar-refractivity contribution < 1.29 is 13.2 Å². The van der Waals surface area contributed by atoms with Crippen LogP contribution in [0.1, 0.15) is 21.6 Å². The van der Waals surface area contributed by atoms with E-state index in [1.165, 1.54) is 6.07 Å². The first-order valence-corrected chi connectivity index (χ1v) is 12.7. The number of sulfonamides is 1. The number of nitrogens with zero attached hydrogens (tertiary/aromatic N) is 2. The number of aryl methyl sites for hydroxylation is 2. The van der Waals surface area contributed by atoms with Gasteiger partial charge in [0.2, 0.25) is 0 Å². The standard InChI is InChI=1S/C25H21N3O4S2/c1-17-7-9-18(10-8-17)11-12-20-13-14-24(33-20)34(31,32)27-22(25(29)26-30)15-19-16-28(2)23-6-4-3-5-21(19)23/h3-10,13-14,16,22,27H,15H2,1-2H3. The minimum Gasteiger partial charge on any atom is -0.350 e. The van der Waals surface area contributed by atoms with Crippen molar-refractivity contribution in [3.05, 3.63) is 93.3 Å². The molecule has 172 valence electrons. The second-order valence-corrected chi connectivity index (χ2v) is 10.8. The van der Waals surface area contributed by atoms with Crippen LogP contribution < -0.4 is 4.72 Å². The SMILES string of the molecule is Cc1ccc(C#Cc2ccc(S(=O)(=O)NC(Cc3cn(C)c4ccccc34)C(=O)N=O)s2)cc1.